The molecule has 0 aromatic heterocycles. The number of anilines is 1. The highest BCUT2D eigenvalue weighted by atomic mass is 79.9. The molecule has 4 nitrogen and oxygen atoms in total. The summed E-state index contributed by atoms with van der Waals surface area (Å²) < 4.78 is 14.5. The number of halogens is 2. The topological polar surface area (TPSA) is 55.2 Å². The summed E-state index contributed by atoms with van der Waals surface area (Å²) in [4.78, 5) is 10.2. The SMILES string of the molecule is O=[N+]([O-])c1cc(F)cc(NC2CCc3c(Br)cccc32)c1. The van der Waals surface area contributed by atoms with Crippen molar-refractivity contribution in [1.29, 1.82) is 0 Å². The van der Waals surface area contributed by atoms with E-state index >= 15 is 0 Å². The van der Waals surface area contributed by atoms with Crippen LogP contribution in [-0.4, -0.2) is 4.92 Å². The van der Waals surface area contributed by atoms with Crippen LogP contribution in [0.1, 0.15) is 23.6 Å². The Morgan fingerprint density at radius 1 is 1.33 bits per heavy atom. The zero-order valence-electron chi connectivity index (χ0n) is 11.0. The van der Waals surface area contributed by atoms with Crippen LogP contribution in [0.4, 0.5) is 15.8 Å². The molecule has 1 atom stereocenters. The number of nitrogens with one attached hydrogen (secondary N) is 1. The molecule has 0 radical (unpaired) electrons. The van der Waals surface area contributed by atoms with Crippen LogP contribution in [0.25, 0.3) is 0 Å². The number of rotatable bonds is 3. The maximum atomic E-state index is 13.5. The molecule has 0 saturated carbocycles. The van der Waals surface area contributed by atoms with E-state index in [9.17, 15) is 14.5 Å². The monoisotopic (exact) mass is 350 g/mol. The van der Waals surface area contributed by atoms with Crippen molar-refractivity contribution >= 4 is 27.3 Å². The van der Waals surface area contributed by atoms with Crippen molar-refractivity contribution in [3.05, 3.63) is 67.9 Å². The van der Waals surface area contributed by atoms with Crippen LogP contribution < -0.4 is 5.32 Å². The highest BCUT2D eigenvalue weighted by molar-refractivity contribution is 9.10. The van der Waals surface area contributed by atoms with Crippen molar-refractivity contribution in [1.82, 2.24) is 0 Å². The third-order valence-corrected chi connectivity index (χ3v) is 4.39. The smallest absolute Gasteiger partial charge is 0.274 e. The standard InChI is InChI=1S/C15H12BrFN2O2/c16-14-3-1-2-13-12(14)4-5-15(13)18-10-6-9(17)7-11(8-10)19(20)21/h1-3,6-8,15,18H,4-5H2. The Morgan fingerprint density at radius 2 is 2.14 bits per heavy atom. The predicted molar refractivity (Wildman–Crippen MR) is 81.9 cm³/mol. The first-order valence-corrected chi connectivity index (χ1v) is 7.32. The molecule has 0 bridgehead atoms. The largest absolute Gasteiger partial charge is 0.378 e. The molecule has 0 fully saturated rings. The summed E-state index contributed by atoms with van der Waals surface area (Å²) >= 11 is 3.53. The summed E-state index contributed by atoms with van der Waals surface area (Å²) in [5, 5.41) is 14.0. The van der Waals surface area contributed by atoms with E-state index in [1.807, 2.05) is 18.2 Å². The van der Waals surface area contributed by atoms with E-state index in [2.05, 4.69) is 21.2 Å². The van der Waals surface area contributed by atoms with E-state index in [1.165, 1.54) is 17.7 Å². The van der Waals surface area contributed by atoms with Gasteiger partial charge >= 0.3 is 0 Å². The van der Waals surface area contributed by atoms with Gasteiger partial charge in [-0.05, 0) is 36.1 Å². The summed E-state index contributed by atoms with van der Waals surface area (Å²) in [7, 11) is 0. The number of nitro benzene ring substituents is 1. The van der Waals surface area contributed by atoms with Crippen molar-refractivity contribution in [3.8, 4) is 0 Å². The fourth-order valence-corrected chi connectivity index (χ4v) is 3.30. The molecule has 21 heavy (non-hydrogen) atoms. The van der Waals surface area contributed by atoms with Crippen LogP contribution >= 0.6 is 15.9 Å². The minimum Gasteiger partial charge on any atom is -0.378 e. The maximum Gasteiger partial charge on any atom is 0.274 e. The lowest BCUT2D eigenvalue weighted by Crippen LogP contribution is -2.07. The third-order valence-electron chi connectivity index (χ3n) is 3.65. The maximum absolute atomic E-state index is 13.5. The summed E-state index contributed by atoms with van der Waals surface area (Å²) in [6.45, 7) is 0. The Hall–Kier alpha value is -1.95. The zero-order chi connectivity index (χ0) is 15.0. The molecule has 1 N–H and O–H groups in total. The van der Waals surface area contributed by atoms with E-state index in [1.54, 1.807) is 0 Å². The molecule has 2 aromatic carbocycles. The Balaban J connectivity index is 1.90. The highest BCUT2D eigenvalue weighted by Gasteiger charge is 2.24. The molecule has 0 saturated heterocycles. The fourth-order valence-electron chi connectivity index (χ4n) is 2.72. The Morgan fingerprint density at radius 3 is 2.90 bits per heavy atom. The molecule has 0 aliphatic heterocycles. The van der Waals surface area contributed by atoms with Crippen molar-refractivity contribution in [3.63, 3.8) is 0 Å². The first kappa shape index (κ1) is 14.0. The van der Waals surface area contributed by atoms with Gasteiger partial charge in [-0.2, -0.15) is 0 Å². The molecular formula is C15H12BrFN2O2. The molecule has 108 valence electrons. The van der Waals surface area contributed by atoms with E-state index in [0.29, 0.717) is 5.69 Å². The lowest BCUT2D eigenvalue weighted by molar-refractivity contribution is -0.385. The van der Waals surface area contributed by atoms with Gasteiger partial charge in [0, 0.05) is 16.2 Å². The number of nitrogens with zero attached hydrogens (tertiary/aromatic N) is 1. The predicted octanol–water partition coefficient (Wildman–Crippen LogP) is 4.60. The lowest BCUT2D eigenvalue weighted by Gasteiger charge is -2.15. The molecule has 1 aliphatic carbocycles. The van der Waals surface area contributed by atoms with Crippen molar-refractivity contribution in [2.45, 2.75) is 18.9 Å². The normalized spacial score (nSPS) is 16.6. The van der Waals surface area contributed by atoms with Gasteiger partial charge in [0.2, 0.25) is 0 Å². The zero-order valence-corrected chi connectivity index (χ0v) is 12.6. The quantitative estimate of drug-likeness (QED) is 0.650. The van der Waals surface area contributed by atoms with Gasteiger partial charge in [0.25, 0.3) is 5.69 Å². The van der Waals surface area contributed by atoms with Gasteiger partial charge in [-0.3, -0.25) is 10.1 Å². The summed E-state index contributed by atoms with van der Waals surface area (Å²) in [5.74, 6) is -0.612. The van der Waals surface area contributed by atoms with Gasteiger partial charge in [0.05, 0.1) is 17.0 Å². The molecule has 1 unspecified atom stereocenters. The summed E-state index contributed by atoms with van der Waals surface area (Å²) in [5.41, 5.74) is 2.57. The van der Waals surface area contributed by atoms with Crippen LogP contribution in [-0.2, 0) is 6.42 Å². The highest BCUT2D eigenvalue weighted by Crippen LogP contribution is 2.38. The van der Waals surface area contributed by atoms with Crippen LogP contribution in [0.5, 0.6) is 0 Å². The molecule has 6 heteroatoms. The molecule has 2 aromatic rings. The second-order valence-corrected chi connectivity index (χ2v) is 5.85. The average Bonchev–Trinajstić information content (AvgIpc) is 2.83. The molecule has 0 amide bonds. The van der Waals surface area contributed by atoms with Crippen molar-refractivity contribution in [2.24, 2.45) is 0 Å². The minimum absolute atomic E-state index is 0.0407. The number of hydrogen-bond donors (Lipinski definition) is 1. The van der Waals surface area contributed by atoms with Gasteiger partial charge in [0.15, 0.2) is 0 Å². The minimum atomic E-state index is -0.612. The number of benzene rings is 2. The van der Waals surface area contributed by atoms with Crippen LogP contribution in [0.15, 0.2) is 40.9 Å². The Bertz CT molecular complexity index is 721. The molecule has 0 heterocycles. The Labute approximate surface area is 129 Å². The van der Waals surface area contributed by atoms with Crippen LogP contribution in [0.3, 0.4) is 0 Å². The Kier molecular flexibility index (Phi) is 3.63. The summed E-state index contributed by atoms with van der Waals surface area (Å²) in [6, 6.07) is 9.58. The summed E-state index contributed by atoms with van der Waals surface area (Å²) in [6.07, 6.45) is 1.80. The average molecular weight is 351 g/mol. The van der Waals surface area contributed by atoms with Gasteiger partial charge < -0.3 is 5.32 Å². The van der Waals surface area contributed by atoms with Gasteiger partial charge in [-0.15, -0.1) is 0 Å². The van der Waals surface area contributed by atoms with Crippen molar-refractivity contribution in [2.75, 3.05) is 5.32 Å². The first-order chi connectivity index (χ1) is 10.0. The number of nitro groups is 1. The first-order valence-electron chi connectivity index (χ1n) is 6.53. The molecule has 1 aliphatic rings. The fraction of sp³-hybridized carbons (Fsp3) is 0.200. The van der Waals surface area contributed by atoms with E-state index < -0.39 is 10.7 Å². The van der Waals surface area contributed by atoms with Gasteiger partial charge in [0.1, 0.15) is 5.82 Å². The van der Waals surface area contributed by atoms with Gasteiger partial charge in [-0.1, -0.05) is 28.1 Å². The molecule has 3 rings (SSSR count). The second-order valence-electron chi connectivity index (χ2n) is 5.00. The van der Waals surface area contributed by atoms with Crippen molar-refractivity contribution < 1.29 is 9.31 Å². The van der Waals surface area contributed by atoms with E-state index in [4.69, 9.17) is 0 Å². The van der Waals surface area contributed by atoms with Crippen LogP contribution in [0.2, 0.25) is 0 Å². The third kappa shape index (κ3) is 2.76. The second kappa shape index (κ2) is 5.44. The van der Waals surface area contributed by atoms with E-state index in [0.717, 1.165) is 28.9 Å². The number of hydrogen-bond acceptors (Lipinski definition) is 3. The van der Waals surface area contributed by atoms with Crippen LogP contribution in [0, 0.1) is 15.9 Å². The van der Waals surface area contributed by atoms with Gasteiger partial charge in [-0.25, -0.2) is 4.39 Å². The molecule has 0 spiro atoms. The lowest BCUT2D eigenvalue weighted by atomic mass is 10.1. The number of non-ortho nitro benzene ring substituents is 1. The number of fused-ring (bicyclic) bond motifs is 1. The molecular weight excluding hydrogens is 339 g/mol. The van der Waals surface area contributed by atoms with E-state index in [-0.39, 0.29) is 11.7 Å².